The summed E-state index contributed by atoms with van der Waals surface area (Å²) < 4.78 is 24.6. The summed E-state index contributed by atoms with van der Waals surface area (Å²) in [7, 11) is -2.11. The second-order valence-corrected chi connectivity index (χ2v) is 10.9. The van der Waals surface area contributed by atoms with Crippen molar-refractivity contribution in [2.75, 3.05) is 0 Å². The highest BCUT2D eigenvalue weighted by molar-refractivity contribution is 7.89. The van der Waals surface area contributed by atoms with E-state index in [1.165, 1.54) is 22.8 Å². The molecule has 7 nitrogen and oxygen atoms in total. The van der Waals surface area contributed by atoms with E-state index in [-0.39, 0.29) is 16.4 Å². The Kier molecular flexibility index (Phi) is 7.63. The molecule has 0 amide bonds. The SMILES string of the molecule is Cc1cc(Cl)ccc1[C@H](C/C(=N\O)c1ccc(=O)n(C)c1)c1ccc(-c2ccc(S(N)(=O)=O)cc2)cc1. The largest absolute Gasteiger partial charge is 0.411 e. The second kappa shape index (κ2) is 10.7. The molecule has 1 heterocycles. The van der Waals surface area contributed by atoms with Gasteiger partial charge in [-0.05, 0) is 65.1 Å². The standard InChI is InChI=1S/C28H26ClN3O4S/c1-18-15-23(29)10-13-25(18)26(16-27(31-34)22-9-14-28(33)32(2)17-22)21-5-3-19(4-6-21)20-7-11-24(12-8-20)37(30,35)36/h3-15,17,26,34H,16H2,1-2H3,(H2,30,35,36)/b31-27+/t26-/m1/s1. The molecule has 4 rings (SSSR count). The van der Waals surface area contributed by atoms with Crippen molar-refractivity contribution in [3.05, 3.63) is 123 Å². The Hall–Kier alpha value is -3.72. The van der Waals surface area contributed by atoms with Crippen LogP contribution >= 0.6 is 11.6 Å². The smallest absolute Gasteiger partial charge is 0.250 e. The minimum atomic E-state index is -3.76. The summed E-state index contributed by atoms with van der Waals surface area (Å²) >= 11 is 6.22. The molecule has 3 aromatic carbocycles. The molecule has 190 valence electrons. The van der Waals surface area contributed by atoms with Crippen molar-refractivity contribution >= 4 is 27.3 Å². The van der Waals surface area contributed by atoms with Gasteiger partial charge in [0.25, 0.3) is 0 Å². The first kappa shape index (κ1) is 26.3. The average molecular weight is 536 g/mol. The van der Waals surface area contributed by atoms with Gasteiger partial charge in [-0.15, -0.1) is 0 Å². The van der Waals surface area contributed by atoms with Crippen molar-refractivity contribution in [3.8, 4) is 11.1 Å². The Bertz CT molecular complexity index is 1630. The summed E-state index contributed by atoms with van der Waals surface area (Å²) in [6, 6.07) is 23.1. The van der Waals surface area contributed by atoms with Crippen molar-refractivity contribution in [2.24, 2.45) is 17.3 Å². The molecule has 3 N–H and O–H groups in total. The molecule has 4 aromatic rings. The highest BCUT2D eigenvalue weighted by Gasteiger charge is 2.21. The number of oxime groups is 1. The zero-order valence-electron chi connectivity index (χ0n) is 20.3. The van der Waals surface area contributed by atoms with Gasteiger partial charge >= 0.3 is 0 Å². The number of pyridine rings is 1. The summed E-state index contributed by atoms with van der Waals surface area (Å²) in [5.41, 5.74) is 5.70. The minimum absolute atomic E-state index is 0.0559. The number of benzene rings is 3. The van der Waals surface area contributed by atoms with Crippen LogP contribution in [-0.4, -0.2) is 23.9 Å². The van der Waals surface area contributed by atoms with Crippen molar-refractivity contribution in [1.29, 1.82) is 0 Å². The quantitative estimate of drug-likeness (QED) is 0.195. The van der Waals surface area contributed by atoms with E-state index in [9.17, 15) is 18.4 Å². The fraction of sp³-hybridized carbons (Fsp3) is 0.143. The molecule has 0 saturated heterocycles. The lowest BCUT2D eigenvalue weighted by molar-refractivity contribution is 0.317. The Morgan fingerprint density at radius 3 is 2.16 bits per heavy atom. The lowest BCUT2D eigenvalue weighted by Crippen LogP contribution is -2.18. The lowest BCUT2D eigenvalue weighted by Gasteiger charge is -2.21. The molecule has 0 fully saturated rings. The number of hydrogen-bond donors (Lipinski definition) is 2. The van der Waals surface area contributed by atoms with E-state index >= 15 is 0 Å². The highest BCUT2D eigenvalue weighted by atomic mass is 35.5. The lowest BCUT2D eigenvalue weighted by atomic mass is 9.83. The first-order valence-corrected chi connectivity index (χ1v) is 13.4. The predicted octanol–water partition coefficient (Wildman–Crippen LogP) is 5.06. The van der Waals surface area contributed by atoms with E-state index in [0.29, 0.717) is 22.7 Å². The van der Waals surface area contributed by atoms with Crippen LogP contribution in [0.25, 0.3) is 11.1 Å². The van der Waals surface area contributed by atoms with Crippen LogP contribution in [0.3, 0.4) is 0 Å². The van der Waals surface area contributed by atoms with Crippen LogP contribution in [0.1, 0.15) is 34.6 Å². The molecule has 37 heavy (non-hydrogen) atoms. The Morgan fingerprint density at radius 1 is 1.00 bits per heavy atom. The molecule has 1 atom stereocenters. The number of hydrogen-bond acceptors (Lipinski definition) is 5. The zero-order chi connectivity index (χ0) is 26.7. The summed E-state index contributed by atoms with van der Waals surface area (Å²) in [5.74, 6) is -0.167. The average Bonchev–Trinajstić information content (AvgIpc) is 2.87. The maximum Gasteiger partial charge on any atom is 0.250 e. The van der Waals surface area contributed by atoms with Gasteiger partial charge in [-0.2, -0.15) is 0 Å². The number of primary sulfonamides is 1. The van der Waals surface area contributed by atoms with E-state index in [2.05, 4.69) is 5.16 Å². The fourth-order valence-corrected chi connectivity index (χ4v) is 5.10. The van der Waals surface area contributed by atoms with Gasteiger partial charge in [-0.25, -0.2) is 13.6 Å². The van der Waals surface area contributed by atoms with Crippen molar-refractivity contribution in [3.63, 3.8) is 0 Å². The minimum Gasteiger partial charge on any atom is -0.411 e. The van der Waals surface area contributed by atoms with Gasteiger partial charge in [0, 0.05) is 42.2 Å². The van der Waals surface area contributed by atoms with Crippen LogP contribution in [0.5, 0.6) is 0 Å². The van der Waals surface area contributed by atoms with E-state index < -0.39 is 10.0 Å². The molecule has 0 spiro atoms. The number of nitrogens with two attached hydrogens (primary N) is 1. The molecule has 0 radical (unpaired) electrons. The Labute approximate surface area is 220 Å². The van der Waals surface area contributed by atoms with Crippen LogP contribution in [0.15, 0.2) is 99.9 Å². The first-order chi connectivity index (χ1) is 17.6. The van der Waals surface area contributed by atoms with Crippen LogP contribution < -0.4 is 10.7 Å². The number of nitrogens with zero attached hydrogens (tertiary/aromatic N) is 2. The van der Waals surface area contributed by atoms with Crippen LogP contribution in [-0.2, 0) is 17.1 Å². The molecule has 0 unspecified atom stereocenters. The zero-order valence-corrected chi connectivity index (χ0v) is 21.9. The summed E-state index contributed by atoms with van der Waals surface area (Å²) in [6.07, 6.45) is 2.02. The first-order valence-electron chi connectivity index (χ1n) is 11.4. The fourth-order valence-electron chi connectivity index (χ4n) is 4.36. The Balaban J connectivity index is 1.72. The topological polar surface area (TPSA) is 115 Å². The van der Waals surface area contributed by atoms with Crippen molar-refractivity contribution < 1.29 is 13.6 Å². The van der Waals surface area contributed by atoms with Gasteiger partial charge in [0.2, 0.25) is 15.6 Å². The van der Waals surface area contributed by atoms with Gasteiger partial charge in [0.05, 0.1) is 10.6 Å². The third-order valence-electron chi connectivity index (χ3n) is 6.37. The number of sulfonamides is 1. The van der Waals surface area contributed by atoms with Crippen LogP contribution in [0.4, 0.5) is 0 Å². The highest BCUT2D eigenvalue weighted by Crippen LogP contribution is 2.34. The van der Waals surface area contributed by atoms with Crippen LogP contribution in [0, 0.1) is 6.92 Å². The number of rotatable bonds is 7. The predicted molar refractivity (Wildman–Crippen MR) is 146 cm³/mol. The maximum atomic E-state index is 11.9. The van der Waals surface area contributed by atoms with Crippen LogP contribution in [0.2, 0.25) is 5.02 Å². The van der Waals surface area contributed by atoms with Gasteiger partial charge < -0.3 is 9.77 Å². The third kappa shape index (κ3) is 5.99. The number of aromatic nitrogens is 1. The summed E-state index contributed by atoms with van der Waals surface area (Å²) in [5, 5.41) is 19.3. The van der Waals surface area contributed by atoms with E-state index in [4.69, 9.17) is 16.7 Å². The maximum absolute atomic E-state index is 11.9. The number of halogens is 1. The van der Waals surface area contributed by atoms with Crippen molar-refractivity contribution in [2.45, 2.75) is 24.2 Å². The summed E-state index contributed by atoms with van der Waals surface area (Å²) in [6.45, 7) is 1.98. The molecule has 9 heteroatoms. The van der Waals surface area contributed by atoms with E-state index in [0.717, 1.165) is 27.8 Å². The van der Waals surface area contributed by atoms with E-state index in [1.54, 1.807) is 31.4 Å². The van der Waals surface area contributed by atoms with Gasteiger partial charge in [-0.3, -0.25) is 4.79 Å². The Morgan fingerprint density at radius 2 is 1.62 bits per heavy atom. The third-order valence-corrected chi connectivity index (χ3v) is 7.54. The van der Waals surface area contributed by atoms with Gasteiger partial charge in [-0.1, -0.05) is 59.2 Å². The van der Waals surface area contributed by atoms with Crippen molar-refractivity contribution in [1.82, 2.24) is 4.57 Å². The molecule has 0 aliphatic carbocycles. The van der Waals surface area contributed by atoms with Gasteiger partial charge in [0.15, 0.2) is 0 Å². The molecule has 0 aliphatic heterocycles. The normalized spacial score (nSPS) is 12.9. The molecule has 1 aromatic heterocycles. The number of aryl methyl sites for hydroxylation is 2. The molecule has 0 aliphatic rings. The monoisotopic (exact) mass is 535 g/mol. The molecule has 0 saturated carbocycles. The van der Waals surface area contributed by atoms with E-state index in [1.807, 2.05) is 49.4 Å². The summed E-state index contributed by atoms with van der Waals surface area (Å²) in [4.78, 5) is 11.9. The molecular weight excluding hydrogens is 510 g/mol. The molecule has 0 bridgehead atoms. The molecular formula is C28H26ClN3O4S. The second-order valence-electron chi connectivity index (χ2n) is 8.86. The van der Waals surface area contributed by atoms with Gasteiger partial charge in [0.1, 0.15) is 0 Å².